The summed E-state index contributed by atoms with van der Waals surface area (Å²) in [6.07, 6.45) is 0.761. The predicted molar refractivity (Wildman–Crippen MR) is 60.0 cm³/mol. The fourth-order valence-electron chi connectivity index (χ4n) is 1.36. The smallest absolute Gasteiger partial charge is 0.182 e. The molecule has 0 atom stereocenters. The van der Waals surface area contributed by atoms with Crippen molar-refractivity contribution >= 4 is 11.6 Å². The number of nitrogens with zero attached hydrogens (tertiary/aromatic N) is 3. The lowest BCUT2D eigenvalue weighted by Crippen LogP contribution is -2.13. The van der Waals surface area contributed by atoms with Crippen LogP contribution >= 0.6 is 11.6 Å². The van der Waals surface area contributed by atoms with Crippen molar-refractivity contribution in [3.8, 4) is 11.4 Å². The molecule has 0 aliphatic rings. The van der Waals surface area contributed by atoms with Crippen LogP contribution in [0.1, 0.15) is 12.7 Å². The highest BCUT2D eigenvalue weighted by molar-refractivity contribution is 6.30. The Kier molecular flexibility index (Phi) is 2.60. The topological polar surface area (TPSA) is 56.7 Å². The van der Waals surface area contributed by atoms with Gasteiger partial charge in [0, 0.05) is 17.0 Å². The Labute approximate surface area is 92.7 Å². The van der Waals surface area contributed by atoms with Crippen LogP contribution < -0.4 is 5.84 Å². The number of nitrogens with two attached hydrogens (primary N) is 1. The summed E-state index contributed by atoms with van der Waals surface area (Å²) in [4.78, 5) is 0. The summed E-state index contributed by atoms with van der Waals surface area (Å²) in [5.74, 6) is 7.26. The third kappa shape index (κ3) is 1.80. The van der Waals surface area contributed by atoms with Crippen molar-refractivity contribution in [2.75, 3.05) is 5.84 Å². The molecule has 1 heterocycles. The van der Waals surface area contributed by atoms with Gasteiger partial charge in [-0.25, -0.2) is 4.68 Å². The van der Waals surface area contributed by atoms with E-state index in [0.29, 0.717) is 10.8 Å². The second-order valence-electron chi connectivity index (χ2n) is 3.17. The Bertz CT molecular complexity index is 461. The zero-order valence-corrected chi connectivity index (χ0v) is 9.07. The van der Waals surface area contributed by atoms with Crippen molar-refractivity contribution < 1.29 is 0 Å². The standard InChI is InChI=1S/C10H11ClN4/c1-2-9-13-14-10(15(9)12)7-3-5-8(11)6-4-7/h3-6H,2,12H2,1H3. The third-order valence-electron chi connectivity index (χ3n) is 2.19. The van der Waals surface area contributed by atoms with E-state index in [4.69, 9.17) is 17.4 Å². The number of halogens is 1. The van der Waals surface area contributed by atoms with Gasteiger partial charge in [-0.1, -0.05) is 18.5 Å². The van der Waals surface area contributed by atoms with Gasteiger partial charge in [0.1, 0.15) is 0 Å². The Morgan fingerprint density at radius 3 is 2.47 bits per heavy atom. The van der Waals surface area contributed by atoms with Gasteiger partial charge < -0.3 is 5.84 Å². The van der Waals surface area contributed by atoms with Gasteiger partial charge >= 0.3 is 0 Å². The minimum atomic E-state index is 0.656. The maximum absolute atomic E-state index is 5.84. The summed E-state index contributed by atoms with van der Waals surface area (Å²) >= 11 is 5.80. The molecule has 0 fully saturated rings. The van der Waals surface area contributed by atoms with Gasteiger partial charge in [0.05, 0.1) is 0 Å². The first kappa shape index (κ1) is 9.98. The molecule has 5 heteroatoms. The van der Waals surface area contributed by atoms with Crippen LogP contribution in [-0.4, -0.2) is 14.9 Å². The maximum atomic E-state index is 5.84. The molecule has 15 heavy (non-hydrogen) atoms. The van der Waals surface area contributed by atoms with Crippen molar-refractivity contribution in [2.24, 2.45) is 0 Å². The average molecular weight is 223 g/mol. The monoisotopic (exact) mass is 222 g/mol. The number of nitrogen functional groups attached to an aromatic ring is 1. The summed E-state index contributed by atoms with van der Waals surface area (Å²) < 4.78 is 1.50. The summed E-state index contributed by atoms with van der Waals surface area (Å²) in [6, 6.07) is 7.35. The highest BCUT2D eigenvalue weighted by Crippen LogP contribution is 2.19. The van der Waals surface area contributed by atoms with Gasteiger partial charge in [0.25, 0.3) is 0 Å². The molecule has 1 aromatic carbocycles. The zero-order chi connectivity index (χ0) is 10.8. The summed E-state index contributed by atoms with van der Waals surface area (Å²) in [7, 11) is 0. The van der Waals surface area contributed by atoms with E-state index in [1.807, 2.05) is 19.1 Å². The van der Waals surface area contributed by atoms with E-state index in [9.17, 15) is 0 Å². The Balaban J connectivity index is 2.45. The van der Waals surface area contributed by atoms with Crippen LogP contribution in [0, 0.1) is 0 Å². The molecule has 2 rings (SSSR count). The van der Waals surface area contributed by atoms with E-state index in [-0.39, 0.29) is 0 Å². The first-order chi connectivity index (χ1) is 7.22. The second-order valence-corrected chi connectivity index (χ2v) is 3.61. The van der Waals surface area contributed by atoms with Gasteiger partial charge in [0.15, 0.2) is 11.6 Å². The molecule has 1 aromatic heterocycles. The fourth-order valence-corrected chi connectivity index (χ4v) is 1.49. The summed E-state index contributed by atoms with van der Waals surface area (Å²) in [5, 5.41) is 8.71. The van der Waals surface area contributed by atoms with Crippen LogP contribution in [-0.2, 0) is 6.42 Å². The Morgan fingerprint density at radius 2 is 1.93 bits per heavy atom. The number of hydrogen-bond donors (Lipinski definition) is 1. The number of benzene rings is 1. The highest BCUT2D eigenvalue weighted by atomic mass is 35.5. The second kappa shape index (κ2) is 3.90. The largest absolute Gasteiger partial charge is 0.336 e. The van der Waals surface area contributed by atoms with Crippen molar-refractivity contribution in [2.45, 2.75) is 13.3 Å². The lowest BCUT2D eigenvalue weighted by Gasteiger charge is -2.02. The van der Waals surface area contributed by atoms with Gasteiger partial charge in [-0.15, -0.1) is 10.2 Å². The molecule has 0 spiro atoms. The molecule has 0 saturated heterocycles. The first-order valence-corrected chi connectivity index (χ1v) is 5.05. The zero-order valence-electron chi connectivity index (χ0n) is 8.31. The highest BCUT2D eigenvalue weighted by Gasteiger charge is 2.09. The lowest BCUT2D eigenvalue weighted by molar-refractivity contribution is 0.857. The number of aromatic nitrogens is 3. The van der Waals surface area contributed by atoms with E-state index < -0.39 is 0 Å². The van der Waals surface area contributed by atoms with Crippen LogP contribution in [0.5, 0.6) is 0 Å². The number of hydrogen-bond acceptors (Lipinski definition) is 3. The van der Waals surface area contributed by atoms with Gasteiger partial charge in [-0.2, -0.15) is 0 Å². The molecule has 78 valence electrons. The predicted octanol–water partition coefficient (Wildman–Crippen LogP) is 1.87. The molecule has 0 aliphatic carbocycles. The molecular formula is C10H11ClN4. The van der Waals surface area contributed by atoms with Crippen molar-refractivity contribution in [1.29, 1.82) is 0 Å². The van der Waals surface area contributed by atoms with E-state index in [1.165, 1.54) is 4.68 Å². The molecule has 4 nitrogen and oxygen atoms in total. The van der Waals surface area contributed by atoms with E-state index in [1.54, 1.807) is 12.1 Å². The molecule has 0 aliphatic heterocycles. The van der Waals surface area contributed by atoms with E-state index in [2.05, 4.69) is 10.2 Å². The van der Waals surface area contributed by atoms with Crippen molar-refractivity contribution in [1.82, 2.24) is 14.9 Å². The molecule has 0 radical (unpaired) electrons. The van der Waals surface area contributed by atoms with Crippen LogP contribution in [0.2, 0.25) is 5.02 Å². The molecular weight excluding hydrogens is 212 g/mol. The van der Waals surface area contributed by atoms with Crippen molar-refractivity contribution in [3.63, 3.8) is 0 Å². The average Bonchev–Trinajstić information content (AvgIpc) is 2.61. The van der Waals surface area contributed by atoms with Crippen molar-refractivity contribution in [3.05, 3.63) is 35.1 Å². The molecule has 0 bridgehead atoms. The minimum absolute atomic E-state index is 0.656. The summed E-state index contributed by atoms with van der Waals surface area (Å²) in [6.45, 7) is 1.99. The lowest BCUT2D eigenvalue weighted by atomic mass is 10.2. The van der Waals surface area contributed by atoms with Crippen LogP contribution in [0.4, 0.5) is 0 Å². The first-order valence-electron chi connectivity index (χ1n) is 4.67. The molecule has 0 unspecified atom stereocenters. The minimum Gasteiger partial charge on any atom is -0.336 e. The fraction of sp³-hybridized carbons (Fsp3) is 0.200. The molecule has 0 saturated carbocycles. The van der Waals surface area contributed by atoms with Gasteiger partial charge in [0.2, 0.25) is 0 Å². The Hall–Kier alpha value is -1.55. The van der Waals surface area contributed by atoms with Crippen LogP contribution in [0.25, 0.3) is 11.4 Å². The molecule has 2 N–H and O–H groups in total. The maximum Gasteiger partial charge on any atom is 0.182 e. The SMILES string of the molecule is CCc1nnc(-c2ccc(Cl)cc2)n1N. The van der Waals surface area contributed by atoms with Crippen LogP contribution in [0.15, 0.2) is 24.3 Å². The van der Waals surface area contributed by atoms with Gasteiger partial charge in [-0.3, -0.25) is 0 Å². The number of rotatable bonds is 2. The van der Waals surface area contributed by atoms with E-state index >= 15 is 0 Å². The molecule has 2 aromatic rings. The normalized spacial score (nSPS) is 10.5. The number of aryl methyl sites for hydroxylation is 1. The third-order valence-corrected chi connectivity index (χ3v) is 2.44. The Morgan fingerprint density at radius 1 is 1.27 bits per heavy atom. The van der Waals surface area contributed by atoms with Gasteiger partial charge in [-0.05, 0) is 24.3 Å². The van der Waals surface area contributed by atoms with Crippen LogP contribution in [0.3, 0.4) is 0 Å². The molecule has 0 amide bonds. The van der Waals surface area contributed by atoms with E-state index in [0.717, 1.165) is 17.8 Å². The summed E-state index contributed by atoms with van der Waals surface area (Å²) in [5.41, 5.74) is 0.911. The quantitative estimate of drug-likeness (QED) is 0.790.